The van der Waals surface area contributed by atoms with Crippen LogP contribution in [0.5, 0.6) is 0 Å². The second-order valence-electron chi connectivity index (χ2n) is 35.3. The zero-order valence-corrected chi connectivity index (χ0v) is 71.7. The number of nitrogens with zero attached hydrogens (tertiary/aromatic N) is 15. The number of hydrazone groups is 4. The molecule has 31 heteroatoms. The first kappa shape index (κ1) is 92.2. The van der Waals surface area contributed by atoms with E-state index in [1.165, 1.54) is 151 Å². The fraction of sp³-hybridized carbons (Fsp3) is 0.543. The summed E-state index contributed by atoms with van der Waals surface area (Å²) in [6.07, 6.45) is 32.0. The summed E-state index contributed by atoms with van der Waals surface area (Å²) in [7, 11) is 0. The predicted octanol–water partition coefficient (Wildman–Crippen LogP) is 15.6. The van der Waals surface area contributed by atoms with Gasteiger partial charge in [0, 0.05) is 138 Å². The lowest BCUT2D eigenvalue weighted by molar-refractivity contribution is -0.664. The normalized spacial score (nSPS) is 25.2. The maximum Gasteiger partial charge on any atom is 0.246 e. The Bertz CT molecular complexity index is 4520. The van der Waals surface area contributed by atoms with Gasteiger partial charge in [-0.3, -0.25) is 19.2 Å². The molecule has 5 N–H and O–H groups in total. The van der Waals surface area contributed by atoms with E-state index in [9.17, 15) is 54.3 Å². The monoisotopic (exact) mass is 1720 g/mol. The van der Waals surface area contributed by atoms with Crippen molar-refractivity contribution >= 4 is 65.9 Å². The number of aromatic nitrogens is 4. The number of hydrogen-bond acceptors (Lipinski definition) is 16. The number of nitriles is 2. The number of anilines is 1. The van der Waals surface area contributed by atoms with E-state index in [1.807, 2.05) is 17.0 Å². The largest absolute Gasteiger partial charge is 0.356 e. The highest BCUT2D eigenvalue weighted by Gasteiger charge is 2.58. The molecule has 1 unspecified atom stereocenters. The third kappa shape index (κ3) is 22.0. The standard InChI is InChI=1S/C20H18F2N6O.3C15H17F2N3O.2C11H20.C5H2ClN3/c21-15-7-14(8-16(22)9-15)18-1-4-26-28(18)20(29)13-2-5-27(6-3-13)19-10-17(11-23)24-12-25-19;3*16-12-7-11(8-13(17)9-12)14-3-6-19-20(14)15(21)10-1-4-18-5-2-10;2*1-4-11-7-5-9(6-8-11)10(11,2)3;6-5-1-4(2-7)8-3-9-5/h4,7-10,12-13,18H,1-3,5-6H2;3*6-10,14,18H,1-5H2;2*9H,4-8H2,1-3H3;1,3H/p+2/t18-;2*14-;;;;/m000..../s1. The second-order valence-corrected chi connectivity index (χ2v) is 35.7. The topological polar surface area (TPSA) is 278 Å². The molecule has 4 bridgehead atoms. The Morgan fingerprint density at radius 2 is 0.707 bits per heavy atom. The van der Waals surface area contributed by atoms with Gasteiger partial charge in [-0.1, -0.05) is 53.1 Å². The quantitative estimate of drug-likeness (QED) is 0.0807. The molecule has 4 aromatic carbocycles. The lowest BCUT2D eigenvalue weighted by atomic mass is 9.68. The van der Waals surface area contributed by atoms with Gasteiger partial charge >= 0.3 is 0 Å². The summed E-state index contributed by atoms with van der Waals surface area (Å²) < 4.78 is 107. The van der Waals surface area contributed by atoms with Gasteiger partial charge in [-0.05, 0) is 207 Å². The SMILES string of the molecule is CCC12CCC(CC1)C2(C)C.CCC12CCC(CC1)C2(C)C.N#Cc1cc(Cl)ncn1.N#Cc1cc(N2CCC(C(=O)N3N=CC[C@H]3c3cc(F)cc(F)c3)CC2)ncn1.O=C(C1CCNCC1)N1N=CCC1c1cc(F)cc(F)c1.O=C(C1CC[NH2+]CC1)N1N=CC[C@H]1c1cc(F)cc(F)c1.O=C(C1CC[NH2+]CC1)N1N=CC[C@H]1c1cc(F)cc(F)c1. The van der Waals surface area contributed by atoms with E-state index in [1.54, 1.807) is 30.9 Å². The average Bonchev–Trinajstić information content (AvgIpc) is 1.58. The molecule has 4 atom stereocenters. The van der Waals surface area contributed by atoms with Gasteiger partial charge in [0.2, 0.25) is 23.6 Å². The maximum absolute atomic E-state index is 13.6. The van der Waals surface area contributed by atoms with Gasteiger partial charge in [-0.25, -0.2) is 75.1 Å². The fourth-order valence-electron chi connectivity index (χ4n) is 20.7. The van der Waals surface area contributed by atoms with Crippen LogP contribution in [-0.2, 0) is 19.2 Å². The molecule has 18 rings (SSSR count). The number of carbonyl (C=O) groups excluding carboxylic acids is 4. The lowest BCUT2D eigenvalue weighted by Crippen LogP contribution is -2.86. The van der Waals surface area contributed by atoms with Crippen molar-refractivity contribution in [1.29, 1.82) is 10.5 Å². The second kappa shape index (κ2) is 41.7. The zero-order valence-electron chi connectivity index (χ0n) is 70.9. The van der Waals surface area contributed by atoms with Crippen LogP contribution in [-0.4, -0.2) is 141 Å². The highest BCUT2D eigenvalue weighted by molar-refractivity contribution is 6.29. The molecule has 2 aromatic heterocycles. The number of piperidine rings is 4. The molecule has 10 heterocycles. The van der Waals surface area contributed by atoms with Gasteiger partial charge < -0.3 is 20.9 Å². The van der Waals surface area contributed by atoms with Gasteiger partial charge in [0.25, 0.3) is 0 Å². The van der Waals surface area contributed by atoms with Crippen molar-refractivity contribution in [1.82, 2.24) is 45.3 Å². The highest BCUT2D eigenvalue weighted by Crippen LogP contribution is 2.68. The van der Waals surface area contributed by atoms with Crippen LogP contribution in [0.25, 0.3) is 0 Å². The van der Waals surface area contributed by atoms with E-state index >= 15 is 0 Å². The molecule has 4 amide bonds. The van der Waals surface area contributed by atoms with Gasteiger partial charge in [0.1, 0.15) is 93.7 Å². The molecule has 0 spiro atoms. The average molecular weight is 1720 g/mol. The summed E-state index contributed by atoms with van der Waals surface area (Å²) in [6.45, 7) is 21.4. The number of halogens is 9. The molecule has 8 aliphatic heterocycles. The molecule has 4 saturated carbocycles. The van der Waals surface area contributed by atoms with Crippen molar-refractivity contribution in [2.75, 3.05) is 57.3 Å². The fourth-order valence-corrected chi connectivity index (χ4v) is 20.9. The number of amides is 4. The Labute approximate surface area is 719 Å². The molecule has 8 fully saturated rings. The van der Waals surface area contributed by atoms with Crippen molar-refractivity contribution in [3.05, 3.63) is 183 Å². The first-order valence-corrected chi connectivity index (χ1v) is 43.9. The number of quaternary nitrogens is 2. The highest BCUT2D eigenvalue weighted by atomic mass is 35.5. The lowest BCUT2D eigenvalue weighted by Gasteiger charge is -2.37. The van der Waals surface area contributed by atoms with E-state index in [-0.39, 0.29) is 53.0 Å². The number of hydrogen-bond donors (Lipinski definition) is 3. The van der Waals surface area contributed by atoms with Gasteiger partial charge in [-0.2, -0.15) is 30.9 Å². The van der Waals surface area contributed by atoms with E-state index in [4.69, 9.17) is 22.1 Å². The van der Waals surface area contributed by atoms with E-state index < -0.39 is 70.7 Å². The van der Waals surface area contributed by atoms with Crippen molar-refractivity contribution in [3.8, 4) is 12.1 Å². The van der Waals surface area contributed by atoms with Crippen molar-refractivity contribution in [2.45, 2.75) is 207 Å². The van der Waals surface area contributed by atoms with E-state index in [0.717, 1.165) is 125 Å². The first-order chi connectivity index (χ1) is 59.1. The molecule has 656 valence electrons. The molecule has 22 nitrogen and oxygen atoms in total. The summed E-state index contributed by atoms with van der Waals surface area (Å²) >= 11 is 5.42. The Hall–Kier alpha value is -10.0. The summed E-state index contributed by atoms with van der Waals surface area (Å²) in [5.74, 6) is -2.99. The van der Waals surface area contributed by atoms with Crippen LogP contribution in [0.2, 0.25) is 5.15 Å². The van der Waals surface area contributed by atoms with Crippen LogP contribution in [0.4, 0.5) is 40.9 Å². The molecule has 12 aliphatic rings. The molecule has 0 radical (unpaired) electrons. The van der Waals surface area contributed by atoms with Gasteiger partial charge in [-0.15, -0.1) is 0 Å². The number of fused-ring (bicyclic) bond motifs is 4. The first-order valence-electron chi connectivity index (χ1n) is 43.5. The number of nitrogens with one attached hydrogen (secondary N) is 1. The molecular weight excluding hydrogens is 1610 g/mol. The van der Waals surface area contributed by atoms with Crippen LogP contribution in [0, 0.1) is 126 Å². The maximum atomic E-state index is 13.6. The van der Waals surface area contributed by atoms with Crippen LogP contribution in [0.1, 0.15) is 241 Å². The number of benzene rings is 4. The minimum absolute atomic E-state index is 0.0356. The molecule has 123 heavy (non-hydrogen) atoms. The summed E-state index contributed by atoms with van der Waals surface area (Å²) in [5.41, 5.74) is 5.18. The van der Waals surface area contributed by atoms with Crippen LogP contribution in [0.15, 0.2) is 118 Å². The van der Waals surface area contributed by atoms with Crippen molar-refractivity contribution in [3.63, 3.8) is 0 Å². The zero-order chi connectivity index (χ0) is 87.8. The molecule has 4 aliphatic carbocycles. The Morgan fingerprint density at radius 1 is 0.415 bits per heavy atom. The summed E-state index contributed by atoms with van der Waals surface area (Å²) in [5, 5.41) is 47.2. The minimum Gasteiger partial charge on any atom is -0.356 e. The Morgan fingerprint density at radius 3 is 0.976 bits per heavy atom. The number of rotatable bonds is 11. The van der Waals surface area contributed by atoms with Gasteiger partial charge in [0.15, 0.2) is 0 Å². The smallest absolute Gasteiger partial charge is 0.246 e. The summed E-state index contributed by atoms with van der Waals surface area (Å²) in [4.78, 5) is 68.0. The van der Waals surface area contributed by atoms with Crippen LogP contribution >= 0.6 is 11.6 Å². The molecular formula is C92H113ClF8N18O4+2. The van der Waals surface area contributed by atoms with Crippen molar-refractivity contribution in [2.24, 2.45) is 77.6 Å². The van der Waals surface area contributed by atoms with Crippen LogP contribution in [0.3, 0.4) is 0 Å². The van der Waals surface area contributed by atoms with Crippen LogP contribution < -0.4 is 20.9 Å². The third-order valence-corrected chi connectivity index (χ3v) is 28.5. The third-order valence-electron chi connectivity index (χ3n) is 28.3. The Kier molecular flexibility index (Phi) is 31.2. The number of carbonyl (C=O) groups is 4. The number of nitrogens with two attached hydrogens (primary N) is 2. The minimum atomic E-state index is -0.672. The van der Waals surface area contributed by atoms with E-state index in [2.05, 4.69) is 97.8 Å². The van der Waals surface area contributed by atoms with E-state index in [0.29, 0.717) is 101 Å². The predicted molar refractivity (Wildman–Crippen MR) is 451 cm³/mol. The Balaban J connectivity index is 0.000000135. The molecule has 6 aromatic rings. The van der Waals surface area contributed by atoms with Crippen molar-refractivity contribution < 1.29 is 64.9 Å². The summed E-state index contributed by atoms with van der Waals surface area (Å²) in [6, 6.07) is 18.6. The van der Waals surface area contributed by atoms with Gasteiger partial charge in [0.05, 0.1) is 62.2 Å². The molecule has 4 saturated heterocycles.